The van der Waals surface area contributed by atoms with E-state index in [2.05, 4.69) is 15.6 Å². The Bertz CT molecular complexity index is 1560. The number of hydrogen-bond donors (Lipinski definition) is 2. The van der Waals surface area contributed by atoms with Gasteiger partial charge in [-0.25, -0.2) is 4.79 Å². The third kappa shape index (κ3) is 5.31. The van der Waals surface area contributed by atoms with Crippen LogP contribution < -0.4 is 20.1 Å². The van der Waals surface area contributed by atoms with Crippen molar-refractivity contribution >= 4 is 40.2 Å². The van der Waals surface area contributed by atoms with Crippen LogP contribution >= 0.6 is 0 Å². The lowest BCUT2D eigenvalue weighted by atomic mass is 10.0. The third-order valence-electron chi connectivity index (χ3n) is 7.23. The summed E-state index contributed by atoms with van der Waals surface area (Å²) in [5.41, 5.74) is 0.815. The second kappa shape index (κ2) is 10.7. The SMILES string of the molecule is O=C(Oc1ccc2c(Oc3ccc(NC(=O)C4(C(=O)Nc5ccccc5)CC4)cc3)ccnc2c1)N1CCCC1. The molecular weight excluding hydrogens is 508 g/mol. The Morgan fingerprint density at radius 1 is 0.775 bits per heavy atom. The van der Waals surface area contributed by atoms with E-state index in [0.717, 1.165) is 31.3 Å². The Hall–Kier alpha value is -4.92. The van der Waals surface area contributed by atoms with Gasteiger partial charge in [0.25, 0.3) is 0 Å². The van der Waals surface area contributed by atoms with Crippen molar-refractivity contribution < 1.29 is 23.9 Å². The summed E-state index contributed by atoms with van der Waals surface area (Å²) < 4.78 is 11.6. The number of pyridine rings is 1. The third-order valence-corrected chi connectivity index (χ3v) is 7.23. The van der Waals surface area contributed by atoms with Gasteiger partial charge in [0, 0.05) is 42.1 Å². The zero-order valence-corrected chi connectivity index (χ0v) is 21.8. The van der Waals surface area contributed by atoms with Crippen LogP contribution in [0.4, 0.5) is 16.2 Å². The zero-order chi connectivity index (χ0) is 27.5. The van der Waals surface area contributed by atoms with Crippen molar-refractivity contribution in [2.75, 3.05) is 23.7 Å². The Morgan fingerprint density at radius 3 is 2.10 bits per heavy atom. The van der Waals surface area contributed by atoms with Gasteiger partial charge in [0.05, 0.1) is 5.52 Å². The van der Waals surface area contributed by atoms with Crippen molar-refractivity contribution in [2.24, 2.45) is 5.41 Å². The summed E-state index contributed by atoms with van der Waals surface area (Å²) in [6.07, 6.45) is 4.29. The van der Waals surface area contributed by atoms with Gasteiger partial charge in [-0.1, -0.05) is 18.2 Å². The minimum Gasteiger partial charge on any atom is -0.457 e. The highest BCUT2D eigenvalue weighted by Crippen LogP contribution is 2.47. The highest BCUT2D eigenvalue weighted by atomic mass is 16.6. The highest BCUT2D eigenvalue weighted by Gasteiger charge is 2.56. The van der Waals surface area contributed by atoms with Gasteiger partial charge in [-0.15, -0.1) is 0 Å². The lowest BCUT2D eigenvalue weighted by Crippen LogP contribution is -2.35. The van der Waals surface area contributed by atoms with Crippen molar-refractivity contribution in [3.63, 3.8) is 0 Å². The van der Waals surface area contributed by atoms with Crippen LogP contribution in [0, 0.1) is 5.41 Å². The summed E-state index contributed by atoms with van der Waals surface area (Å²) in [6, 6.07) is 23.1. The van der Waals surface area contributed by atoms with E-state index in [0.29, 0.717) is 47.0 Å². The van der Waals surface area contributed by atoms with Gasteiger partial charge in [-0.3, -0.25) is 14.6 Å². The van der Waals surface area contributed by atoms with E-state index in [1.54, 1.807) is 65.7 Å². The molecule has 1 saturated heterocycles. The minimum absolute atomic E-state index is 0.297. The van der Waals surface area contributed by atoms with Gasteiger partial charge in [-0.2, -0.15) is 0 Å². The minimum atomic E-state index is -1.05. The lowest BCUT2D eigenvalue weighted by molar-refractivity contribution is -0.131. The molecule has 9 nitrogen and oxygen atoms in total. The standard InChI is InChI=1S/C31H28N4O5/c36-28(33-21-6-2-1-3-7-21)31(15-16-31)29(37)34-22-8-10-23(11-9-22)39-27-14-17-32-26-20-24(12-13-25(26)27)40-30(38)35-18-4-5-19-35/h1-3,6-14,17,20H,4-5,15-16,18-19H2,(H,33,36)(H,34,37). The number of amides is 3. The number of rotatable bonds is 7. The topological polar surface area (TPSA) is 110 Å². The normalized spacial score (nSPS) is 15.3. The van der Waals surface area contributed by atoms with Gasteiger partial charge < -0.3 is 25.0 Å². The quantitative estimate of drug-likeness (QED) is 0.281. The monoisotopic (exact) mass is 536 g/mol. The van der Waals surface area contributed by atoms with Crippen LogP contribution in [0.15, 0.2) is 85.1 Å². The average Bonchev–Trinajstić information content (AvgIpc) is 3.61. The maximum Gasteiger partial charge on any atom is 0.415 e. The Balaban J connectivity index is 1.10. The van der Waals surface area contributed by atoms with E-state index in [9.17, 15) is 14.4 Å². The molecule has 0 unspecified atom stereocenters. The molecule has 0 bridgehead atoms. The van der Waals surface area contributed by atoms with E-state index >= 15 is 0 Å². The molecule has 4 aromatic rings. The zero-order valence-electron chi connectivity index (χ0n) is 21.8. The fraction of sp³-hybridized carbons (Fsp3) is 0.226. The average molecular weight is 537 g/mol. The first-order valence-electron chi connectivity index (χ1n) is 13.3. The van der Waals surface area contributed by atoms with E-state index in [4.69, 9.17) is 9.47 Å². The highest BCUT2D eigenvalue weighted by molar-refractivity contribution is 6.16. The van der Waals surface area contributed by atoms with Crippen LogP contribution in [0.3, 0.4) is 0 Å². The van der Waals surface area contributed by atoms with Crippen LogP contribution in [-0.4, -0.2) is 40.9 Å². The van der Waals surface area contributed by atoms with E-state index in [1.807, 2.05) is 24.3 Å². The first-order valence-corrected chi connectivity index (χ1v) is 13.3. The molecule has 0 atom stereocenters. The Morgan fingerprint density at radius 2 is 1.43 bits per heavy atom. The Labute approximate surface area is 231 Å². The molecule has 1 aromatic heterocycles. The molecule has 9 heteroatoms. The van der Waals surface area contributed by atoms with Crippen LogP contribution in [0.5, 0.6) is 17.2 Å². The number of fused-ring (bicyclic) bond motifs is 1. The fourth-order valence-electron chi connectivity index (χ4n) is 4.76. The largest absolute Gasteiger partial charge is 0.457 e. The molecule has 1 aliphatic heterocycles. The lowest BCUT2D eigenvalue weighted by Gasteiger charge is -2.16. The smallest absolute Gasteiger partial charge is 0.415 e. The summed E-state index contributed by atoms with van der Waals surface area (Å²) >= 11 is 0. The molecule has 202 valence electrons. The van der Waals surface area contributed by atoms with Gasteiger partial charge in [-0.05, 0) is 80.3 Å². The molecule has 2 heterocycles. The number of anilines is 2. The first-order chi connectivity index (χ1) is 19.5. The van der Waals surface area contributed by atoms with Crippen LogP contribution in [0.2, 0.25) is 0 Å². The summed E-state index contributed by atoms with van der Waals surface area (Å²) in [7, 11) is 0. The predicted molar refractivity (Wildman–Crippen MR) is 150 cm³/mol. The van der Waals surface area contributed by atoms with Crippen molar-refractivity contribution in [2.45, 2.75) is 25.7 Å². The molecular formula is C31H28N4O5. The van der Waals surface area contributed by atoms with Gasteiger partial charge in [0.15, 0.2) is 0 Å². The molecule has 3 amide bonds. The molecule has 2 fully saturated rings. The summed E-state index contributed by atoms with van der Waals surface area (Å²) in [5, 5.41) is 6.46. The molecule has 1 saturated carbocycles. The van der Waals surface area contributed by atoms with Gasteiger partial charge >= 0.3 is 6.09 Å². The first kappa shape index (κ1) is 25.4. The molecule has 1 aliphatic carbocycles. The number of nitrogens with one attached hydrogen (secondary N) is 2. The maximum atomic E-state index is 13.0. The van der Waals surface area contributed by atoms with Gasteiger partial charge in [0.2, 0.25) is 11.8 Å². The number of nitrogens with zero attached hydrogens (tertiary/aromatic N) is 2. The van der Waals surface area contributed by atoms with Crippen LogP contribution in [0.25, 0.3) is 10.9 Å². The molecule has 40 heavy (non-hydrogen) atoms. The van der Waals surface area contributed by atoms with Crippen molar-refractivity contribution in [3.05, 3.63) is 85.1 Å². The van der Waals surface area contributed by atoms with Crippen molar-refractivity contribution in [3.8, 4) is 17.2 Å². The molecule has 2 N–H and O–H groups in total. The van der Waals surface area contributed by atoms with E-state index in [1.165, 1.54) is 0 Å². The number of ether oxygens (including phenoxy) is 2. The fourth-order valence-corrected chi connectivity index (χ4v) is 4.76. The Kier molecular flexibility index (Phi) is 6.77. The second-order valence-corrected chi connectivity index (χ2v) is 10.0. The number of benzene rings is 3. The van der Waals surface area contributed by atoms with Crippen LogP contribution in [-0.2, 0) is 9.59 Å². The molecule has 0 radical (unpaired) electrons. The number of carbonyl (C=O) groups excluding carboxylic acids is 3. The predicted octanol–water partition coefficient (Wildman–Crippen LogP) is 5.98. The second-order valence-electron chi connectivity index (χ2n) is 10.0. The number of carbonyl (C=O) groups is 3. The summed E-state index contributed by atoms with van der Waals surface area (Å²) in [5.74, 6) is 0.970. The number of hydrogen-bond acceptors (Lipinski definition) is 6. The molecule has 2 aliphatic rings. The van der Waals surface area contributed by atoms with Gasteiger partial charge in [0.1, 0.15) is 22.7 Å². The molecule has 6 rings (SSSR count). The number of likely N-dealkylation sites (tertiary alicyclic amines) is 1. The van der Waals surface area contributed by atoms with Crippen molar-refractivity contribution in [1.82, 2.24) is 9.88 Å². The molecule has 0 spiro atoms. The summed E-state index contributed by atoms with van der Waals surface area (Å²) in [4.78, 5) is 44.2. The number of para-hydroxylation sites is 1. The van der Waals surface area contributed by atoms with E-state index < -0.39 is 5.41 Å². The van der Waals surface area contributed by atoms with E-state index in [-0.39, 0.29) is 17.9 Å². The van der Waals surface area contributed by atoms with Crippen LogP contribution in [0.1, 0.15) is 25.7 Å². The maximum absolute atomic E-state index is 13.0. The van der Waals surface area contributed by atoms with Crippen molar-refractivity contribution in [1.29, 1.82) is 0 Å². The molecule has 3 aromatic carbocycles. The summed E-state index contributed by atoms with van der Waals surface area (Å²) in [6.45, 7) is 1.44. The number of aromatic nitrogens is 1.